The van der Waals surface area contributed by atoms with Gasteiger partial charge in [-0.2, -0.15) is 0 Å². The minimum absolute atomic E-state index is 0.00285. The SMILES string of the molecule is CCOc1ccc(C(O)=C2C(=O)C(=O)N(c3nc4ccc(C)cc4s3)[C@H]2c2ccc(Cl)cc2)cc1. The lowest BCUT2D eigenvalue weighted by molar-refractivity contribution is -0.132. The third kappa shape index (κ3) is 4.17. The number of carbonyl (C=O) groups is 2. The fraction of sp³-hybridized carbons (Fsp3) is 0.148. The molecule has 1 amide bonds. The molecule has 35 heavy (non-hydrogen) atoms. The van der Waals surface area contributed by atoms with Crippen LogP contribution < -0.4 is 9.64 Å². The Morgan fingerprint density at radius 1 is 1.09 bits per heavy atom. The second kappa shape index (κ2) is 9.17. The topological polar surface area (TPSA) is 79.7 Å². The predicted octanol–water partition coefficient (Wildman–Crippen LogP) is 6.28. The van der Waals surface area contributed by atoms with Gasteiger partial charge in [-0.15, -0.1) is 0 Å². The van der Waals surface area contributed by atoms with E-state index in [1.165, 1.54) is 16.2 Å². The molecule has 2 heterocycles. The first-order valence-corrected chi connectivity index (χ1v) is 12.2. The molecule has 3 aromatic carbocycles. The Labute approximate surface area is 211 Å². The van der Waals surface area contributed by atoms with Crippen molar-refractivity contribution in [3.8, 4) is 5.75 Å². The Balaban J connectivity index is 1.68. The van der Waals surface area contributed by atoms with Gasteiger partial charge < -0.3 is 9.84 Å². The molecule has 1 saturated heterocycles. The quantitative estimate of drug-likeness (QED) is 0.196. The summed E-state index contributed by atoms with van der Waals surface area (Å²) in [5.74, 6) is -1.13. The van der Waals surface area contributed by atoms with Crippen molar-refractivity contribution in [1.29, 1.82) is 0 Å². The molecule has 1 fully saturated rings. The van der Waals surface area contributed by atoms with Crippen LogP contribution in [0.15, 0.2) is 72.3 Å². The summed E-state index contributed by atoms with van der Waals surface area (Å²) in [4.78, 5) is 32.7. The number of nitrogens with zero attached hydrogens (tertiary/aromatic N) is 2. The van der Waals surface area contributed by atoms with Crippen LogP contribution in [0.2, 0.25) is 5.02 Å². The van der Waals surface area contributed by atoms with Crippen molar-refractivity contribution in [3.63, 3.8) is 0 Å². The van der Waals surface area contributed by atoms with E-state index in [0.29, 0.717) is 33.6 Å². The molecule has 8 heteroatoms. The number of hydrogen-bond donors (Lipinski definition) is 1. The fourth-order valence-corrected chi connectivity index (χ4v) is 5.36. The first kappa shape index (κ1) is 23.1. The second-order valence-corrected chi connectivity index (χ2v) is 9.59. The van der Waals surface area contributed by atoms with Gasteiger partial charge in [-0.25, -0.2) is 4.98 Å². The zero-order chi connectivity index (χ0) is 24.7. The number of ether oxygens (including phenoxy) is 1. The molecule has 5 rings (SSSR count). The lowest BCUT2D eigenvalue weighted by atomic mass is 9.95. The highest BCUT2D eigenvalue weighted by Crippen LogP contribution is 2.44. The first-order valence-electron chi connectivity index (χ1n) is 11.0. The normalized spacial score (nSPS) is 17.3. The number of ketones is 1. The van der Waals surface area contributed by atoms with Crippen molar-refractivity contribution in [3.05, 3.63) is 94.0 Å². The monoisotopic (exact) mass is 504 g/mol. The van der Waals surface area contributed by atoms with Crippen LogP contribution >= 0.6 is 22.9 Å². The van der Waals surface area contributed by atoms with Gasteiger partial charge in [0, 0.05) is 10.6 Å². The number of anilines is 1. The van der Waals surface area contributed by atoms with E-state index in [4.69, 9.17) is 16.3 Å². The average molecular weight is 505 g/mol. The molecule has 0 aliphatic carbocycles. The highest BCUT2D eigenvalue weighted by Gasteiger charge is 2.48. The number of carbonyl (C=O) groups excluding carboxylic acids is 2. The summed E-state index contributed by atoms with van der Waals surface area (Å²) in [6.45, 7) is 4.37. The molecular weight excluding hydrogens is 484 g/mol. The molecule has 1 aliphatic heterocycles. The van der Waals surface area contributed by atoms with Crippen LogP contribution in [0.3, 0.4) is 0 Å². The summed E-state index contributed by atoms with van der Waals surface area (Å²) in [5, 5.41) is 12.2. The number of rotatable bonds is 5. The van der Waals surface area contributed by atoms with E-state index in [0.717, 1.165) is 15.8 Å². The average Bonchev–Trinajstić information content (AvgIpc) is 3.37. The van der Waals surface area contributed by atoms with E-state index in [2.05, 4.69) is 4.98 Å². The van der Waals surface area contributed by atoms with Crippen LogP contribution in [0.4, 0.5) is 5.13 Å². The molecule has 0 radical (unpaired) electrons. The van der Waals surface area contributed by atoms with Crippen LogP contribution in [0.5, 0.6) is 5.75 Å². The molecule has 4 aromatic rings. The van der Waals surface area contributed by atoms with Crippen molar-refractivity contribution in [1.82, 2.24) is 4.98 Å². The molecule has 1 aromatic heterocycles. The van der Waals surface area contributed by atoms with E-state index in [1.807, 2.05) is 32.0 Å². The van der Waals surface area contributed by atoms with Crippen LogP contribution in [0.1, 0.15) is 29.7 Å². The largest absolute Gasteiger partial charge is 0.507 e. The van der Waals surface area contributed by atoms with Gasteiger partial charge in [0.15, 0.2) is 5.13 Å². The molecule has 6 nitrogen and oxygen atoms in total. The summed E-state index contributed by atoms with van der Waals surface area (Å²) in [6.07, 6.45) is 0. The number of fused-ring (bicyclic) bond motifs is 1. The summed E-state index contributed by atoms with van der Waals surface area (Å²) in [7, 11) is 0. The number of Topliss-reactive ketones (excluding diaryl/α,β-unsaturated/α-hetero) is 1. The molecule has 1 aliphatic rings. The molecule has 0 bridgehead atoms. The Hall–Kier alpha value is -3.68. The lowest BCUT2D eigenvalue weighted by Crippen LogP contribution is -2.29. The number of aliphatic hydroxyl groups excluding tert-OH is 1. The fourth-order valence-electron chi connectivity index (χ4n) is 4.14. The van der Waals surface area contributed by atoms with E-state index in [-0.39, 0.29) is 11.3 Å². The van der Waals surface area contributed by atoms with Crippen molar-refractivity contribution < 1.29 is 19.4 Å². The van der Waals surface area contributed by atoms with Crippen molar-refractivity contribution in [2.75, 3.05) is 11.5 Å². The van der Waals surface area contributed by atoms with Crippen LogP contribution in [0, 0.1) is 6.92 Å². The molecule has 1 atom stereocenters. The van der Waals surface area contributed by atoms with Crippen LogP contribution in [-0.4, -0.2) is 28.4 Å². The minimum Gasteiger partial charge on any atom is -0.507 e. The molecular formula is C27H21ClN2O4S. The number of hydrogen-bond acceptors (Lipinski definition) is 6. The summed E-state index contributed by atoms with van der Waals surface area (Å²) in [5.41, 5.74) is 2.84. The standard InChI is InChI=1S/C27H21ClN2O4S/c1-3-34-19-11-7-17(8-12-19)24(31)22-23(16-5-9-18(28)10-6-16)30(26(33)25(22)32)27-29-20-13-4-15(2)14-21(20)35-27/h4-14,23,31H,3H2,1-2H3/t23-/m0/s1. The van der Waals surface area contributed by atoms with Crippen LogP contribution in [-0.2, 0) is 9.59 Å². The van der Waals surface area contributed by atoms with E-state index in [1.54, 1.807) is 48.5 Å². The Morgan fingerprint density at radius 3 is 2.49 bits per heavy atom. The van der Waals surface area contributed by atoms with Gasteiger partial charge >= 0.3 is 5.91 Å². The second-order valence-electron chi connectivity index (χ2n) is 8.15. The summed E-state index contributed by atoms with van der Waals surface area (Å²) >= 11 is 7.43. The number of aryl methyl sites for hydroxylation is 1. The summed E-state index contributed by atoms with van der Waals surface area (Å²) in [6, 6.07) is 18.6. The van der Waals surface area contributed by atoms with E-state index in [9.17, 15) is 14.7 Å². The molecule has 176 valence electrons. The Kier molecular flexibility index (Phi) is 6.05. The Bertz CT molecular complexity index is 1480. The first-order chi connectivity index (χ1) is 16.9. The molecule has 0 saturated carbocycles. The van der Waals surface area contributed by atoms with Crippen LogP contribution in [0.25, 0.3) is 16.0 Å². The number of halogens is 1. The van der Waals surface area contributed by atoms with Gasteiger partial charge in [0.05, 0.1) is 28.4 Å². The zero-order valence-electron chi connectivity index (χ0n) is 19.0. The number of aromatic nitrogens is 1. The lowest BCUT2D eigenvalue weighted by Gasteiger charge is -2.23. The minimum atomic E-state index is -0.861. The van der Waals surface area contributed by atoms with Crippen molar-refractivity contribution in [2.24, 2.45) is 0 Å². The molecule has 0 spiro atoms. The van der Waals surface area contributed by atoms with Gasteiger partial charge in [0.25, 0.3) is 5.78 Å². The summed E-state index contributed by atoms with van der Waals surface area (Å²) < 4.78 is 6.38. The molecule has 0 unspecified atom stereocenters. The molecule has 1 N–H and O–H groups in total. The van der Waals surface area contributed by atoms with Gasteiger partial charge in [0.1, 0.15) is 11.5 Å². The highest BCUT2D eigenvalue weighted by molar-refractivity contribution is 7.22. The Morgan fingerprint density at radius 2 is 1.80 bits per heavy atom. The number of thiazole rings is 1. The maximum absolute atomic E-state index is 13.3. The van der Waals surface area contributed by atoms with Gasteiger partial charge in [-0.1, -0.05) is 41.1 Å². The maximum Gasteiger partial charge on any atom is 0.301 e. The maximum atomic E-state index is 13.3. The highest BCUT2D eigenvalue weighted by atomic mass is 35.5. The van der Waals surface area contributed by atoms with E-state index >= 15 is 0 Å². The van der Waals surface area contributed by atoms with Crippen molar-refractivity contribution in [2.45, 2.75) is 19.9 Å². The third-order valence-electron chi connectivity index (χ3n) is 5.81. The predicted molar refractivity (Wildman–Crippen MR) is 138 cm³/mol. The van der Waals surface area contributed by atoms with Gasteiger partial charge in [0.2, 0.25) is 0 Å². The van der Waals surface area contributed by atoms with Gasteiger partial charge in [-0.05, 0) is 73.5 Å². The number of amides is 1. The van der Waals surface area contributed by atoms with Crippen molar-refractivity contribution >= 4 is 55.7 Å². The number of aliphatic hydroxyl groups is 1. The van der Waals surface area contributed by atoms with E-state index < -0.39 is 17.7 Å². The zero-order valence-corrected chi connectivity index (χ0v) is 20.6. The smallest absolute Gasteiger partial charge is 0.301 e. The van der Waals surface area contributed by atoms with Gasteiger partial charge in [-0.3, -0.25) is 14.5 Å². The third-order valence-corrected chi connectivity index (χ3v) is 7.08. The number of benzene rings is 3.